The highest BCUT2D eigenvalue weighted by atomic mass is 32.2. The monoisotopic (exact) mass is 677 g/mol. The molecule has 256 valence electrons. The molecule has 0 unspecified atom stereocenters. The van der Waals surface area contributed by atoms with Gasteiger partial charge in [-0.2, -0.15) is 5.26 Å². The molecule has 4 fully saturated rings. The maximum absolute atomic E-state index is 14.6. The second kappa shape index (κ2) is 13.9. The lowest BCUT2D eigenvalue weighted by atomic mass is 9.59. The molecule has 4 aliphatic rings. The number of piperidine rings is 1. The summed E-state index contributed by atoms with van der Waals surface area (Å²) in [4.78, 5) is 30.4. The van der Waals surface area contributed by atoms with E-state index in [1.165, 1.54) is 30.2 Å². The molecule has 3 heterocycles. The van der Waals surface area contributed by atoms with E-state index in [-0.39, 0.29) is 47.6 Å². The number of ether oxygens (including phenoxy) is 1. The molecule has 6 rings (SSSR count). The summed E-state index contributed by atoms with van der Waals surface area (Å²) in [7, 11) is -2.17. The molecular formula is C36H44FN5O5S. The highest BCUT2D eigenvalue weighted by Crippen LogP contribution is 2.50. The molecule has 48 heavy (non-hydrogen) atoms. The van der Waals surface area contributed by atoms with Crippen molar-refractivity contribution in [2.75, 3.05) is 57.8 Å². The number of benzene rings is 2. The summed E-state index contributed by atoms with van der Waals surface area (Å²) in [6, 6.07) is 16.0. The minimum Gasteiger partial charge on any atom is -0.453 e. The fourth-order valence-electron chi connectivity index (χ4n) is 8.44. The Kier molecular flexibility index (Phi) is 9.81. The molecule has 12 heteroatoms. The Labute approximate surface area is 282 Å². The summed E-state index contributed by atoms with van der Waals surface area (Å²) in [5.74, 6) is -0.270. The zero-order valence-electron chi connectivity index (χ0n) is 27.4. The van der Waals surface area contributed by atoms with Gasteiger partial charge in [0.15, 0.2) is 9.84 Å². The Morgan fingerprint density at radius 1 is 1.08 bits per heavy atom. The Hall–Kier alpha value is -3.95. The SMILES string of the molecule is C=CC(=O)N1CC(S(=O)(=O)c2ccc(N3CC(CN4CCC([C@@](C#N)(c5cccc(F)c5)[C@H]5CCC[C@@H]5NC(=O)OC)CC4)C3)cc2)C1. The molecule has 2 amide bonds. The molecule has 1 saturated carbocycles. The number of methoxy groups -OCH3 is 1. The number of sulfone groups is 1. The number of amides is 2. The van der Waals surface area contributed by atoms with Crippen LogP contribution in [0.3, 0.4) is 0 Å². The van der Waals surface area contributed by atoms with Gasteiger partial charge in [-0.3, -0.25) is 4.79 Å². The van der Waals surface area contributed by atoms with Crippen LogP contribution in [0.15, 0.2) is 66.1 Å². The molecular weight excluding hydrogens is 633 g/mol. The van der Waals surface area contributed by atoms with Crippen molar-refractivity contribution in [3.05, 3.63) is 72.6 Å². The van der Waals surface area contributed by atoms with Crippen LogP contribution in [0.4, 0.5) is 14.9 Å². The quantitative estimate of drug-likeness (QED) is 0.373. The molecule has 0 aromatic heterocycles. The number of hydrogen-bond acceptors (Lipinski definition) is 8. The molecule has 3 aliphatic heterocycles. The molecule has 1 N–H and O–H groups in total. The van der Waals surface area contributed by atoms with Gasteiger partial charge in [0.25, 0.3) is 0 Å². The van der Waals surface area contributed by atoms with Crippen LogP contribution in [0.2, 0.25) is 0 Å². The number of nitrogens with one attached hydrogen (secondary N) is 1. The first kappa shape index (κ1) is 33.9. The van der Waals surface area contributed by atoms with Crippen molar-refractivity contribution in [1.82, 2.24) is 15.1 Å². The number of anilines is 1. The van der Waals surface area contributed by atoms with Gasteiger partial charge < -0.3 is 24.8 Å². The standard InChI is InChI=1S/C36H44FN5O5S/c1-3-34(43)42-22-31(23-42)48(45,46)30-12-10-29(11-13-30)41-20-25(21-41)19-40-16-14-26(15-17-40)36(24-38,27-6-4-7-28(37)18-27)32-8-5-9-33(32)39-35(44)47-2/h3-4,6-7,10-13,18,25-26,31-33H,1,5,8-9,14-17,19-23H2,2H3,(H,39,44)/t32-,33-,36-/m0/s1. The van der Waals surface area contributed by atoms with E-state index in [2.05, 4.69) is 27.8 Å². The fraction of sp³-hybridized carbons (Fsp3) is 0.528. The Bertz CT molecular complexity index is 1660. The topological polar surface area (TPSA) is 123 Å². The van der Waals surface area contributed by atoms with Gasteiger partial charge in [0.05, 0.1) is 23.5 Å². The number of nitrogens with zero attached hydrogens (tertiary/aromatic N) is 4. The van der Waals surface area contributed by atoms with Crippen molar-refractivity contribution in [3.63, 3.8) is 0 Å². The molecule has 0 radical (unpaired) electrons. The summed E-state index contributed by atoms with van der Waals surface area (Å²) < 4.78 is 45.5. The van der Waals surface area contributed by atoms with Gasteiger partial charge in [0.2, 0.25) is 5.91 Å². The number of likely N-dealkylation sites (tertiary alicyclic amines) is 2. The lowest BCUT2D eigenvalue weighted by Crippen LogP contribution is -2.56. The van der Waals surface area contributed by atoms with Crippen LogP contribution in [-0.2, 0) is 24.8 Å². The van der Waals surface area contributed by atoms with E-state index in [9.17, 15) is 27.7 Å². The van der Waals surface area contributed by atoms with E-state index in [1.54, 1.807) is 18.2 Å². The largest absolute Gasteiger partial charge is 0.453 e. The number of carbonyl (C=O) groups is 2. The third-order valence-electron chi connectivity index (χ3n) is 11.1. The molecule has 0 bridgehead atoms. The first-order chi connectivity index (χ1) is 23.1. The summed E-state index contributed by atoms with van der Waals surface area (Å²) in [6.45, 7) is 8.21. The Morgan fingerprint density at radius 2 is 1.79 bits per heavy atom. The number of nitriles is 1. The van der Waals surface area contributed by atoms with Gasteiger partial charge in [0, 0.05) is 56.3 Å². The van der Waals surface area contributed by atoms with E-state index in [0.29, 0.717) is 11.5 Å². The van der Waals surface area contributed by atoms with Crippen molar-refractivity contribution in [2.45, 2.75) is 53.7 Å². The maximum atomic E-state index is 14.6. The zero-order chi connectivity index (χ0) is 34.1. The van der Waals surface area contributed by atoms with Crippen LogP contribution in [-0.4, -0.2) is 94.4 Å². The van der Waals surface area contributed by atoms with Crippen molar-refractivity contribution < 1.29 is 27.1 Å². The van der Waals surface area contributed by atoms with E-state index >= 15 is 0 Å². The van der Waals surface area contributed by atoms with Gasteiger partial charge in [-0.15, -0.1) is 0 Å². The van der Waals surface area contributed by atoms with E-state index in [0.717, 1.165) is 70.5 Å². The third-order valence-corrected chi connectivity index (χ3v) is 13.2. The van der Waals surface area contributed by atoms with E-state index in [1.807, 2.05) is 18.2 Å². The number of alkyl carbamates (subject to hydrolysis) is 1. The van der Waals surface area contributed by atoms with Crippen LogP contribution >= 0.6 is 0 Å². The number of rotatable bonds is 10. The average molecular weight is 678 g/mol. The lowest BCUT2D eigenvalue weighted by molar-refractivity contribution is -0.129. The minimum atomic E-state index is -3.51. The molecule has 2 aromatic rings. The molecule has 0 spiro atoms. The Balaban J connectivity index is 1.05. The first-order valence-corrected chi connectivity index (χ1v) is 18.4. The minimum absolute atomic E-state index is 0.0174. The van der Waals surface area contributed by atoms with Crippen molar-refractivity contribution >= 4 is 27.5 Å². The van der Waals surface area contributed by atoms with Gasteiger partial charge in [-0.25, -0.2) is 17.6 Å². The van der Waals surface area contributed by atoms with Crippen LogP contribution in [0.1, 0.15) is 37.7 Å². The van der Waals surface area contributed by atoms with Crippen LogP contribution in [0.25, 0.3) is 0 Å². The van der Waals surface area contributed by atoms with Crippen molar-refractivity contribution in [1.29, 1.82) is 5.26 Å². The molecule has 10 nitrogen and oxygen atoms in total. The van der Waals surface area contributed by atoms with Gasteiger partial charge in [0.1, 0.15) is 11.1 Å². The average Bonchev–Trinajstić information content (AvgIpc) is 3.51. The first-order valence-electron chi connectivity index (χ1n) is 16.8. The van der Waals surface area contributed by atoms with Gasteiger partial charge >= 0.3 is 6.09 Å². The highest BCUT2D eigenvalue weighted by Gasteiger charge is 2.53. The van der Waals surface area contributed by atoms with Crippen LogP contribution < -0.4 is 10.2 Å². The van der Waals surface area contributed by atoms with E-state index < -0.39 is 26.6 Å². The highest BCUT2D eigenvalue weighted by molar-refractivity contribution is 7.92. The van der Waals surface area contributed by atoms with Crippen LogP contribution in [0, 0.1) is 34.9 Å². The molecule has 1 aliphatic carbocycles. The summed E-state index contributed by atoms with van der Waals surface area (Å²) in [5, 5.41) is 13.3. The maximum Gasteiger partial charge on any atom is 0.407 e. The van der Waals surface area contributed by atoms with Crippen molar-refractivity contribution in [3.8, 4) is 6.07 Å². The zero-order valence-corrected chi connectivity index (χ0v) is 28.2. The molecule has 3 saturated heterocycles. The normalized spacial score (nSPS) is 23.8. The smallest absolute Gasteiger partial charge is 0.407 e. The lowest BCUT2D eigenvalue weighted by Gasteiger charge is -2.48. The second-order valence-corrected chi connectivity index (χ2v) is 16.0. The van der Waals surface area contributed by atoms with Gasteiger partial charge in [-0.05, 0) is 92.7 Å². The predicted octanol–water partition coefficient (Wildman–Crippen LogP) is 4.13. The Morgan fingerprint density at radius 3 is 2.42 bits per heavy atom. The fourth-order valence-corrected chi connectivity index (χ4v) is 10.1. The molecule has 3 atom stereocenters. The number of hydrogen-bond donors (Lipinski definition) is 1. The summed E-state index contributed by atoms with van der Waals surface area (Å²) >= 11 is 0. The summed E-state index contributed by atoms with van der Waals surface area (Å²) in [5.41, 5.74) is 0.754. The second-order valence-electron chi connectivity index (χ2n) is 13.7. The molecule has 2 aromatic carbocycles. The van der Waals surface area contributed by atoms with Crippen molar-refractivity contribution in [2.24, 2.45) is 17.8 Å². The summed E-state index contributed by atoms with van der Waals surface area (Å²) in [6.07, 6.45) is 4.72. The number of carbonyl (C=O) groups excluding carboxylic acids is 2. The van der Waals surface area contributed by atoms with Crippen LogP contribution in [0.5, 0.6) is 0 Å². The number of halogens is 1. The predicted molar refractivity (Wildman–Crippen MR) is 179 cm³/mol. The van der Waals surface area contributed by atoms with Gasteiger partial charge in [-0.1, -0.05) is 25.1 Å². The van der Waals surface area contributed by atoms with E-state index in [4.69, 9.17) is 4.74 Å². The third kappa shape index (κ3) is 6.42.